The van der Waals surface area contributed by atoms with Gasteiger partial charge in [0.1, 0.15) is 0 Å². The first-order valence-electron chi connectivity index (χ1n) is 4.80. The molecule has 0 fully saturated rings. The van der Waals surface area contributed by atoms with Crippen molar-refractivity contribution < 1.29 is 29.0 Å². The van der Waals surface area contributed by atoms with Gasteiger partial charge in [0.2, 0.25) is 0 Å². The van der Waals surface area contributed by atoms with E-state index in [1.807, 2.05) is 0 Å². The summed E-state index contributed by atoms with van der Waals surface area (Å²) < 4.78 is 9.21. The van der Waals surface area contributed by atoms with Gasteiger partial charge in [-0.15, -0.1) is 0 Å². The lowest BCUT2D eigenvalue weighted by atomic mass is 10.3. The largest absolute Gasteiger partial charge is 0.479 e. The molecule has 1 N–H and O–H groups in total. The van der Waals surface area contributed by atoms with Crippen molar-refractivity contribution in [3.8, 4) is 0 Å². The standard InChI is InChI=1S/C10H14O6/c1-4-5-8(11)15-7(3)10(14)16-6(2)9(12)13/h6-7H,1,4-5H2,2-3H3/p+1/t6-,7-/m0/s1. The van der Waals surface area contributed by atoms with Crippen LogP contribution >= 0.6 is 0 Å². The molecule has 0 heterocycles. The lowest BCUT2D eigenvalue weighted by Gasteiger charge is -2.14. The fourth-order valence-electron chi connectivity index (χ4n) is 0.769. The van der Waals surface area contributed by atoms with Crippen molar-refractivity contribution in [1.82, 2.24) is 0 Å². The van der Waals surface area contributed by atoms with Gasteiger partial charge in [0, 0.05) is 0 Å². The molecule has 0 unspecified atom stereocenters. The fourth-order valence-corrected chi connectivity index (χ4v) is 0.769. The number of carboxylic acids is 1. The molecule has 0 aliphatic rings. The summed E-state index contributed by atoms with van der Waals surface area (Å²) in [6.45, 7) is 5.99. The Kier molecular flexibility index (Phi) is 5.99. The van der Waals surface area contributed by atoms with Crippen molar-refractivity contribution in [2.75, 3.05) is 0 Å². The predicted octanol–water partition coefficient (Wildman–Crippen LogP) is 0.549. The van der Waals surface area contributed by atoms with E-state index in [1.54, 1.807) is 0 Å². The molecule has 90 valence electrons. The molecule has 0 aliphatic carbocycles. The highest BCUT2D eigenvalue weighted by atomic mass is 16.6. The lowest BCUT2D eigenvalue weighted by Crippen LogP contribution is -2.32. The molecule has 0 saturated carbocycles. The number of carbonyl (C=O) groups is 3. The second kappa shape index (κ2) is 6.71. The van der Waals surface area contributed by atoms with Crippen molar-refractivity contribution in [2.24, 2.45) is 0 Å². The van der Waals surface area contributed by atoms with Crippen molar-refractivity contribution in [3.63, 3.8) is 0 Å². The van der Waals surface area contributed by atoms with E-state index in [2.05, 4.69) is 16.4 Å². The highest BCUT2D eigenvalue weighted by molar-refractivity contribution is 5.82. The maximum absolute atomic E-state index is 11.2. The Labute approximate surface area is 93.5 Å². The third-order valence-electron chi connectivity index (χ3n) is 1.66. The minimum absolute atomic E-state index is 0.103. The molecule has 2 atom stereocenters. The number of esters is 2. The van der Waals surface area contributed by atoms with Gasteiger partial charge in [0.15, 0.2) is 12.2 Å². The molecule has 0 radical (unpaired) electrons. The molecule has 0 rings (SSSR count). The third-order valence-corrected chi connectivity index (χ3v) is 1.66. The second-order valence-electron chi connectivity index (χ2n) is 3.15. The number of aliphatic carboxylic acids is 1. The van der Waals surface area contributed by atoms with Gasteiger partial charge < -0.3 is 14.6 Å². The Balaban J connectivity index is 4.08. The van der Waals surface area contributed by atoms with E-state index in [0.29, 0.717) is 6.42 Å². The fraction of sp³-hybridized carbons (Fsp3) is 0.600. The van der Waals surface area contributed by atoms with Gasteiger partial charge in [-0.25, -0.2) is 9.59 Å². The minimum Gasteiger partial charge on any atom is -0.479 e. The molecule has 0 amide bonds. The van der Waals surface area contributed by atoms with Crippen LogP contribution in [0.4, 0.5) is 0 Å². The van der Waals surface area contributed by atoms with E-state index in [9.17, 15) is 14.4 Å². The summed E-state index contributed by atoms with van der Waals surface area (Å²) in [5.41, 5.74) is 0. The van der Waals surface area contributed by atoms with Gasteiger partial charge in [0.05, 0.1) is 19.8 Å². The lowest BCUT2D eigenvalue weighted by molar-refractivity contribution is -0.174. The molecule has 0 aliphatic heterocycles. The van der Waals surface area contributed by atoms with Crippen LogP contribution in [0.1, 0.15) is 26.7 Å². The van der Waals surface area contributed by atoms with E-state index in [1.165, 1.54) is 13.8 Å². The van der Waals surface area contributed by atoms with E-state index in [0.717, 1.165) is 0 Å². The molecular formula is C10H15O6+. The van der Waals surface area contributed by atoms with Crippen LogP contribution in [0.25, 0.3) is 0 Å². The molecule has 0 aromatic carbocycles. The first-order valence-corrected chi connectivity index (χ1v) is 4.80. The molecular weight excluding hydrogens is 216 g/mol. The maximum atomic E-state index is 11.2. The topological polar surface area (TPSA) is 89.9 Å². The van der Waals surface area contributed by atoms with E-state index >= 15 is 0 Å². The Morgan fingerprint density at radius 2 is 1.75 bits per heavy atom. The number of ether oxygens (including phenoxy) is 2. The SMILES string of the molecule is [CH2+]CCC(=O)O[C@@H](C)C(=O)O[C@@H](C)C(=O)O. The summed E-state index contributed by atoms with van der Waals surface area (Å²) >= 11 is 0. The molecule has 0 spiro atoms. The maximum Gasteiger partial charge on any atom is 0.347 e. The van der Waals surface area contributed by atoms with Gasteiger partial charge in [-0.05, 0) is 13.8 Å². The van der Waals surface area contributed by atoms with Gasteiger partial charge in [0.25, 0.3) is 0 Å². The average molecular weight is 231 g/mol. The third kappa shape index (κ3) is 5.23. The molecule has 0 bridgehead atoms. The number of hydrogen-bond acceptors (Lipinski definition) is 5. The summed E-state index contributed by atoms with van der Waals surface area (Å²) in [6.07, 6.45) is -1.90. The zero-order chi connectivity index (χ0) is 12.7. The quantitative estimate of drug-likeness (QED) is 0.530. The first kappa shape index (κ1) is 14.3. The van der Waals surface area contributed by atoms with E-state index in [4.69, 9.17) is 5.11 Å². The van der Waals surface area contributed by atoms with Crippen LogP contribution in [0.15, 0.2) is 0 Å². The molecule has 0 aromatic heterocycles. The molecule has 0 saturated heterocycles. The van der Waals surface area contributed by atoms with Crippen LogP contribution in [0.2, 0.25) is 0 Å². The molecule has 0 aromatic rings. The average Bonchev–Trinajstić information content (AvgIpc) is 2.17. The van der Waals surface area contributed by atoms with Crippen molar-refractivity contribution in [3.05, 3.63) is 6.92 Å². The molecule has 16 heavy (non-hydrogen) atoms. The van der Waals surface area contributed by atoms with Crippen LogP contribution in [0.3, 0.4) is 0 Å². The van der Waals surface area contributed by atoms with Crippen molar-refractivity contribution in [2.45, 2.75) is 38.9 Å². The highest BCUT2D eigenvalue weighted by Crippen LogP contribution is 2.02. The number of rotatable bonds is 6. The van der Waals surface area contributed by atoms with Crippen LogP contribution in [0.5, 0.6) is 0 Å². The highest BCUT2D eigenvalue weighted by Gasteiger charge is 2.23. The molecule has 6 nitrogen and oxygen atoms in total. The van der Waals surface area contributed by atoms with Crippen LogP contribution in [-0.2, 0) is 23.9 Å². The normalized spacial score (nSPS) is 13.6. The van der Waals surface area contributed by atoms with Gasteiger partial charge in [-0.2, -0.15) is 0 Å². The van der Waals surface area contributed by atoms with Crippen LogP contribution in [0, 0.1) is 6.92 Å². The molecule has 6 heteroatoms. The van der Waals surface area contributed by atoms with Crippen molar-refractivity contribution >= 4 is 17.9 Å². The van der Waals surface area contributed by atoms with Gasteiger partial charge >= 0.3 is 17.9 Å². The van der Waals surface area contributed by atoms with Crippen molar-refractivity contribution in [1.29, 1.82) is 0 Å². The van der Waals surface area contributed by atoms with Crippen LogP contribution < -0.4 is 0 Å². The second-order valence-corrected chi connectivity index (χ2v) is 3.15. The Hall–Kier alpha value is -1.72. The van der Waals surface area contributed by atoms with E-state index in [-0.39, 0.29) is 6.42 Å². The zero-order valence-corrected chi connectivity index (χ0v) is 9.26. The monoisotopic (exact) mass is 231 g/mol. The zero-order valence-electron chi connectivity index (χ0n) is 9.26. The van der Waals surface area contributed by atoms with Crippen LogP contribution in [-0.4, -0.2) is 35.2 Å². The Morgan fingerprint density at radius 3 is 2.19 bits per heavy atom. The van der Waals surface area contributed by atoms with E-state index < -0.39 is 30.1 Å². The van der Waals surface area contributed by atoms with Gasteiger partial charge in [-0.1, -0.05) is 0 Å². The summed E-state index contributed by atoms with van der Waals surface area (Å²) in [4.78, 5) is 32.6. The summed E-state index contributed by atoms with van der Waals surface area (Å²) in [5.74, 6) is -2.71. The Bertz CT molecular complexity index is 272. The summed E-state index contributed by atoms with van der Waals surface area (Å²) in [7, 11) is 0. The minimum atomic E-state index is -1.26. The predicted molar refractivity (Wildman–Crippen MR) is 53.3 cm³/mol. The number of carbonyl (C=O) groups excluding carboxylic acids is 2. The van der Waals surface area contributed by atoms with Gasteiger partial charge in [-0.3, -0.25) is 4.79 Å². The Morgan fingerprint density at radius 1 is 1.19 bits per heavy atom. The smallest absolute Gasteiger partial charge is 0.347 e. The first-order chi connectivity index (χ1) is 7.38. The number of hydrogen-bond donors (Lipinski definition) is 1. The summed E-state index contributed by atoms with van der Waals surface area (Å²) in [5, 5.41) is 8.49. The number of carboxylic acid groups (broad SMARTS) is 1. The summed E-state index contributed by atoms with van der Waals surface area (Å²) in [6, 6.07) is 0.